The first-order valence-electron chi connectivity index (χ1n) is 27.6. The molecule has 2 aromatic heterocycles. The van der Waals surface area contributed by atoms with Crippen molar-refractivity contribution in [2.75, 3.05) is 62.7 Å². The van der Waals surface area contributed by atoms with Crippen LogP contribution in [0.3, 0.4) is 0 Å². The number of piperazine rings is 1. The monoisotopic (exact) mass is 1050 g/mol. The number of nitrogen functional groups attached to an aromatic ring is 1. The van der Waals surface area contributed by atoms with Crippen LogP contribution in [0, 0.1) is 17.3 Å². The number of rotatable bonds is 31. The van der Waals surface area contributed by atoms with Crippen LogP contribution in [0.2, 0.25) is 0 Å². The Bertz CT molecular complexity index is 2490. The number of carbonyl (C=O) groups excluding carboxylic acids is 5. The molecule has 4 aromatic rings. The minimum absolute atomic E-state index is 0.0425. The smallest absolute Gasteiger partial charge is 0.410 e. The van der Waals surface area contributed by atoms with E-state index in [2.05, 4.69) is 91.9 Å². The molecule has 2 aromatic carbocycles. The number of primary amides is 1. The van der Waals surface area contributed by atoms with Crippen LogP contribution >= 0.6 is 0 Å². The first-order chi connectivity index (χ1) is 36.4. The molecular weight excluding hydrogens is 965 g/mol. The van der Waals surface area contributed by atoms with Gasteiger partial charge in [0.15, 0.2) is 5.82 Å². The highest BCUT2D eigenvalue weighted by Crippen LogP contribution is 2.31. The number of unbranched alkanes of at least 4 members (excludes halogenated alkanes) is 2. The summed E-state index contributed by atoms with van der Waals surface area (Å²) in [6, 6.07) is 12.7. The lowest BCUT2D eigenvalue weighted by atomic mass is 9.81. The molecule has 1 fully saturated rings. The average molecular weight is 1050 g/mol. The van der Waals surface area contributed by atoms with Gasteiger partial charge in [0.25, 0.3) is 0 Å². The Morgan fingerprint density at radius 1 is 0.816 bits per heavy atom. The molecule has 0 aliphatic carbocycles. The number of urea groups is 1. The molecule has 5 rings (SSSR count). The van der Waals surface area contributed by atoms with Crippen LogP contribution in [-0.4, -0.2) is 113 Å². The highest BCUT2D eigenvalue weighted by Gasteiger charge is 2.29. The summed E-state index contributed by atoms with van der Waals surface area (Å²) in [4.78, 5) is 76.8. The van der Waals surface area contributed by atoms with E-state index in [1.807, 2.05) is 33.0 Å². The SMILES string of the molecule is CCCC(=O)N[C@H](C(=O)N[C@@H](CCCNC(N)=O)C(=O)Nc1ccc(COC(=O)N2CCN(Cc3ccc(Cn4ccc5nc(N)nc(NCCCCCC(CC)CCC(C)(C)CC)c54)c(OC)c3)CC2)cc1)C(C)C. The molecular formula is C57H88N12O7. The number of ether oxygens (including phenoxy) is 2. The number of nitrogens with two attached hydrogens (primary N) is 2. The summed E-state index contributed by atoms with van der Waals surface area (Å²) >= 11 is 0. The number of methoxy groups -OCH3 is 1. The second-order valence-corrected chi connectivity index (χ2v) is 21.4. The summed E-state index contributed by atoms with van der Waals surface area (Å²) in [5, 5.41) is 14.5. The highest BCUT2D eigenvalue weighted by atomic mass is 16.6. The molecule has 1 saturated heterocycles. The Labute approximate surface area is 450 Å². The normalized spacial score (nSPS) is 14.2. The summed E-state index contributed by atoms with van der Waals surface area (Å²) in [5.74, 6) is 1.15. The molecule has 0 spiro atoms. The molecule has 9 N–H and O–H groups in total. The van der Waals surface area contributed by atoms with Crippen LogP contribution in [0.15, 0.2) is 54.7 Å². The largest absolute Gasteiger partial charge is 0.496 e. The fourth-order valence-electron chi connectivity index (χ4n) is 9.40. The maximum Gasteiger partial charge on any atom is 0.410 e. The van der Waals surface area contributed by atoms with Crippen molar-refractivity contribution in [3.63, 3.8) is 0 Å². The van der Waals surface area contributed by atoms with Gasteiger partial charge in [-0.25, -0.2) is 14.6 Å². The minimum atomic E-state index is -0.964. The van der Waals surface area contributed by atoms with E-state index in [1.165, 1.54) is 44.9 Å². The summed E-state index contributed by atoms with van der Waals surface area (Å²) < 4.78 is 13.8. The molecule has 1 unspecified atom stereocenters. The lowest BCUT2D eigenvalue weighted by molar-refractivity contribution is -0.132. The van der Waals surface area contributed by atoms with Gasteiger partial charge >= 0.3 is 12.1 Å². The number of anilines is 3. The van der Waals surface area contributed by atoms with Gasteiger partial charge < -0.3 is 57.0 Å². The third-order valence-electron chi connectivity index (χ3n) is 14.6. The van der Waals surface area contributed by atoms with E-state index in [9.17, 15) is 24.0 Å². The molecule has 0 saturated carbocycles. The first kappa shape index (κ1) is 60.2. The van der Waals surface area contributed by atoms with Crippen molar-refractivity contribution in [1.82, 2.24) is 40.3 Å². The van der Waals surface area contributed by atoms with Gasteiger partial charge in [0.2, 0.25) is 23.7 Å². The van der Waals surface area contributed by atoms with Crippen LogP contribution in [0.1, 0.15) is 142 Å². The average Bonchev–Trinajstić information content (AvgIpc) is 3.80. The summed E-state index contributed by atoms with van der Waals surface area (Å²) in [6.07, 6.45) is 12.9. The molecule has 3 heterocycles. The zero-order chi connectivity index (χ0) is 55.2. The van der Waals surface area contributed by atoms with Crippen molar-refractivity contribution >= 4 is 58.3 Å². The Hall–Kier alpha value is -6.63. The predicted molar refractivity (Wildman–Crippen MR) is 301 cm³/mol. The zero-order valence-corrected chi connectivity index (χ0v) is 46.6. The molecule has 1 aliphatic rings. The molecule has 0 radical (unpaired) electrons. The second kappa shape index (κ2) is 30.2. The summed E-state index contributed by atoms with van der Waals surface area (Å²) in [5.41, 5.74) is 16.8. The van der Waals surface area contributed by atoms with E-state index in [4.69, 9.17) is 20.9 Å². The van der Waals surface area contributed by atoms with E-state index < -0.39 is 36.0 Å². The lowest BCUT2D eigenvalue weighted by Gasteiger charge is -2.34. The van der Waals surface area contributed by atoms with Gasteiger partial charge in [-0.1, -0.05) is 105 Å². The predicted octanol–water partition coefficient (Wildman–Crippen LogP) is 8.55. The Kier molecular flexibility index (Phi) is 23.9. The molecule has 3 atom stereocenters. The number of benzene rings is 2. The number of hydrogen-bond acceptors (Lipinski definition) is 12. The van der Waals surface area contributed by atoms with Crippen LogP contribution in [0.5, 0.6) is 5.75 Å². The quantitative estimate of drug-likeness (QED) is 0.0234. The van der Waals surface area contributed by atoms with Crippen molar-refractivity contribution in [3.05, 3.63) is 71.4 Å². The zero-order valence-electron chi connectivity index (χ0n) is 46.6. The number of carbonyl (C=O) groups is 5. The van der Waals surface area contributed by atoms with E-state index in [-0.39, 0.29) is 43.8 Å². The molecule has 19 nitrogen and oxygen atoms in total. The van der Waals surface area contributed by atoms with E-state index in [0.717, 1.165) is 58.2 Å². The van der Waals surface area contributed by atoms with Gasteiger partial charge in [-0.15, -0.1) is 0 Å². The minimum Gasteiger partial charge on any atom is -0.496 e. The third-order valence-corrected chi connectivity index (χ3v) is 14.6. The van der Waals surface area contributed by atoms with Crippen LogP contribution in [0.4, 0.5) is 27.0 Å². The second-order valence-electron chi connectivity index (χ2n) is 21.4. The fourth-order valence-corrected chi connectivity index (χ4v) is 9.40. The molecule has 76 heavy (non-hydrogen) atoms. The Morgan fingerprint density at radius 3 is 2.22 bits per heavy atom. The fraction of sp³-hybridized carbons (Fsp3) is 0.596. The number of aromatic nitrogens is 3. The Morgan fingerprint density at radius 2 is 1.55 bits per heavy atom. The van der Waals surface area contributed by atoms with E-state index in [0.29, 0.717) is 63.2 Å². The van der Waals surface area contributed by atoms with Crippen molar-refractivity contribution in [1.29, 1.82) is 0 Å². The van der Waals surface area contributed by atoms with Gasteiger partial charge in [0.05, 0.1) is 19.2 Å². The highest BCUT2D eigenvalue weighted by molar-refractivity contribution is 5.98. The molecule has 418 valence electrons. The molecule has 6 amide bonds. The van der Waals surface area contributed by atoms with Gasteiger partial charge in [-0.05, 0) is 91.2 Å². The number of amides is 6. The standard InChI is InChI=1S/C57H88N12O7/c1-9-16-48(70)65-49(39(4)5)53(72)63-46(18-15-29-61-55(59)73)52(71)62-44-23-20-41(21-24-44)38-76-56(74)68-33-31-67(32-34-68)36-42-19-22-43(47(35-42)75-8)37-69-30-26-45-50(69)51(66-54(58)64-45)60-28-14-12-13-17-40(10-2)25-27-57(6,7)11-3/h19-24,26,30,35,39-40,46,49H,9-18,25,27-29,31-34,36-38H2,1-8H3,(H,62,71)(H,63,72)(H,65,70)(H3,59,61,73)(H3,58,60,64,66)/t40?,46-,49-/m0/s1. The summed E-state index contributed by atoms with van der Waals surface area (Å²) in [6.45, 7) is 19.6. The summed E-state index contributed by atoms with van der Waals surface area (Å²) in [7, 11) is 1.69. The third kappa shape index (κ3) is 19.2. The number of hydrogen-bond donors (Lipinski definition) is 7. The topological polar surface area (TPSA) is 253 Å². The number of fused-ring (bicyclic) bond motifs is 1. The van der Waals surface area contributed by atoms with Gasteiger partial charge in [0, 0.05) is 69.7 Å². The number of nitrogens with zero attached hydrogens (tertiary/aromatic N) is 5. The van der Waals surface area contributed by atoms with Gasteiger partial charge in [-0.3, -0.25) is 19.3 Å². The van der Waals surface area contributed by atoms with Crippen LogP contribution < -0.4 is 42.8 Å². The molecule has 1 aliphatic heterocycles. The van der Waals surface area contributed by atoms with Crippen molar-refractivity contribution in [2.45, 2.75) is 157 Å². The van der Waals surface area contributed by atoms with Crippen molar-refractivity contribution in [2.24, 2.45) is 23.0 Å². The Balaban J connectivity index is 1.08. The first-order valence-corrected chi connectivity index (χ1v) is 27.6. The van der Waals surface area contributed by atoms with Crippen molar-refractivity contribution in [3.8, 4) is 5.75 Å². The van der Waals surface area contributed by atoms with E-state index in [1.54, 1.807) is 36.3 Å². The van der Waals surface area contributed by atoms with E-state index >= 15 is 0 Å². The van der Waals surface area contributed by atoms with Gasteiger partial charge in [0.1, 0.15) is 30.0 Å². The van der Waals surface area contributed by atoms with Crippen LogP contribution in [0.25, 0.3) is 11.0 Å². The molecule has 19 heteroatoms. The maximum absolute atomic E-state index is 13.5. The molecule has 0 bridgehead atoms. The van der Waals surface area contributed by atoms with Crippen molar-refractivity contribution < 1.29 is 33.4 Å². The van der Waals surface area contributed by atoms with Gasteiger partial charge in [-0.2, -0.15) is 4.98 Å². The lowest BCUT2D eigenvalue weighted by Crippen LogP contribution is -2.54. The maximum atomic E-state index is 13.5. The van der Waals surface area contributed by atoms with Crippen LogP contribution in [-0.2, 0) is 38.8 Å². The number of nitrogens with one attached hydrogen (secondary N) is 5.